The van der Waals surface area contributed by atoms with E-state index in [9.17, 15) is 0 Å². The Morgan fingerprint density at radius 2 is 1.95 bits per heavy atom. The highest BCUT2D eigenvalue weighted by atomic mass is 35.5. The molecule has 0 N–H and O–H groups in total. The molecule has 0 bridgehead atoms. The third kappa shape index (κ3) is 3.34. The Balaban J connectivity index is 1.73. The molecule has 0 spiro atoms. The summed E-state index contributed by atoms with van der Waals surface area (Å²) in [7, 11) is 0. The molecule has 0 aliphatic carbocycles. The summed E-state index contributed by atoms with van der Waals surface area (Å²) in [5.41, 5.74) is 2.94. The van der Waals surface area contributed by atoms with Gasteiger partial charge in [-0.2, -0.15) is 0 Å². The highest BCUT2D eigenvalue weighted by Crippen LogP contribution is 2.22. The molecular weight excluding hydrogens is 304 g/mol. The van der Waals surface area contributed by atoms with E-state index in [-0.39, 0.29) is 0 Å². The van der Waals surface area contributed by atoms with Crippen LogP contribution in [-0.4, -0.2) is 9.97 Å². The van der Waals surface area contributed by atoms with Gasteiger partial charge in [-0.3, -0.25) is 0 Å². The molecule has 3 nitrogen and oxygen atoms in total. The average Bonchev–Trinajstić information content (AvgIpc) is 3.12. The number of oxazole rings is 1. The van der Waals surface area contributed by atoms with Gasteiger partial charge in [0, 0.05) is 17.4 Å². The molecule has 0 unspecified atom stereocenters. The quantitative estimate of drug-likeness (QED) is 0.644. The summed E-state index contributed by atoms with van der Waals surface area (Å²) in [4.78, 5) is 9.07. The summed E-state index contributed by atoms with van der Waals surface area (Å²) < 4.78 is 5.77. The van der Waals surface area contributed by atoms with E-state index in [0.717, 1.165) is 40.6 Å². The minimum absolute atomic E-state index is 0.470. The number of aromatic nitrogens is 2. The molecule has 2 heterocycles. The Morgan fingerprint density at radius 3 is 2.67 bits per heavy atom. The lowest BCUT2D eigenvalue weighted by Crippen LogP contribution is -1.93. The predicted octanol–water partition coefficient (Wildman–Crippen LogP) is 4.63. The number of thiazole rings is 1. The maximum Gasteiger partial charge on any atom is 0.226 e. The lowest BCUT2D eigenvalue weighted by atomic mass is 10.2. The van der Waals surface area contributed by atoms with Gasteiger partial charge in [0.1, 0.15) is 5.76 Å². The number of alkyl halides is 1. The Labute approximate surface area is 132 Å². The van der Waals surface area contributed by atoms with Crippen LogP contribution in [0.3, 0.4) is 0 Å². The highest BCUT2D eigenvalue weighted by Gasteiger charge is 2.12. The second kappa shape index (κ2) is 6.41. The van der Waals surface area contributed by atoms with Crippen molar-refractivity contribution < 1.29 is 4.42 Å². The molecule has 0 aliphatic rings. The van der Waals surface area contributed by atoms with E-state index < -0.39 is 0 Å². The Kier molecular flexibility index (Phi) is 4.36. The molecule has 0 atom stereocenters. The lowest BCUT2D eigenvalue weighted by Gasteiger charge is -1.94. The van der Waals surface area contributed by atoms with Crippen LogP contribution in [0.2, 0.25) is 0 Å². The van der Waals surface area contributed by atoms with Crippen molar-refractivity contribution >= 4 is 22.9 Å². The second-order valence-corrected chi connectivity index (χ2v) is 5.96. The fraction of sp³-hybridized carbons (Fsp3) is 0.250. The summed E-state index contributed by atoms with van der Waals surface area (Å²) in [6.07, 6.45) is 1.70. The van der Waals surface area contributed by atoms with Crippen molar-refractivity contribution in [1.82, 2.24) is 9.97 Å². The molecule has 0 amide bonds. The number of hydrogen-bond donors (Lipinski definition) is 0. The molecule has 3 rings (SSSR count). The summed E-state index contributed by atoms with van der Waals surface area (Å²) in [6.45, 7) is 1.96. The topological polar surface area (TPSA) is 38.9 Å². The molecule has 5 heteroatoms. The van der Waals surface area contributed by atoms with Crippen LogP contribution in [0.4, 0.5) is 0 Å². The summed E-state index contributed by atoms with van der Waals surface area (Å²) >= 11 is 7.42. The molecule has 108 valence electrons. The number of nitrogens with zero attached hydrogens (tertiary/aromatic N) is 2. The Morgan fingerprint density at radius 1 is 1.14 bits per heavy atom. The summed E-state index contributed by atoms with van der Waals surface area (Å²) in [5, 5.41) is 3.10. The van der Waals surface area contributed by atoms with E-state index in [1.54, 1.807) is 11.3 Å². The van der Waals surface area contributed by atoms with Crippen LogP contribution in [0.25, 0.3) is 11.5 Å². The number of halogens is 1. The third-order valence-corrected chi connectivity index (χ3v) is 4.46. The van der Waals surface area contributed by atoms with Crippen LogP contribution >= 0.6 is 22.9 Å². The van der Waals surface area contributed by atoms with E-state index >= 15 is 0 Å². The van der Waals surface area contributed by atoms with E-state index in [0.29, 0.717) is 11.8 Å². The molecule has 0 saturated carbocycles. The zero-order valence-corrected chi connectivity index (χ0v) is 13.2. The van der Waals surface area contributed by atoms with Gasteiger partial charge in [0.05, 0.1) is 22.3 Å². The first-order valence-corrected chi connectivity index (χ1v) is 8.18. The predicted molar refractivity (Wildman–Crippen MR) is 85.8 cm³/mol. The lowest BCUT2D eigenvalue weighted by molar-refractivity contribution is 0.539. The van der Waals surface area contributed by atoms with Crippen molar-refractivity contribution in [2.45, 2.75) is 25.6 Å². The Hall–Kier alpha value is -1.65. The number of aryl methyl sites for hydroxylation is 3. The first-order chi connectivity index (χ1) is 10.3. The average molecular weight is 319 g/mol. The third-order valence-electron chi connectivity index (χ3n) is 3.23. The fourth-order valence-electron chi connectivity index (χ4n) is 2.11. The van der Waals surface area contributed by atoms with Gasteiger partial charge in [0.15, 0.2) is 0 Å². The highest BCUT2D eigenvalue weighted by molar-refractivity contribution is 7.09. The van der Waals surface area contributed by atoms with Crippen LogP contribution in [0.1, 0.15) is 22.2 Å². The van der Waals surface area contributed by atoms with E-state index in [1.165, 1.54) is 0 Å². The standard InChI is InChI=1S/C16H15ClN2OS/c1-11-14(7-8-15-18-13(9-17)10-21-15)19-16(20-11)12-5-3-2-4-6-12/h2-6,10H,7-9H2,1H3. The molecule has 0 fully saturated rings. The molecule has 3 aromatic rings. The number of hydrogen-bond acceptors (Lipinski definition) is 4. The molecule has 1 aromatic carbocycles. The zero-order chi connectivity index (χ0) is 14.7. The van der Waals surface area contributed by atoms with Gasteiger partial charge in [0.25, 0.3) is 0 Å². The van der Waals surface area contributed by atoms with Crippen molar-refractivity contribution in [3.05, 3.63) is 57.9 Å². The molecule has 2 aromatic heterocycles. The maximum absolute atomic E-state index is 5.77. The fourth-order valence-corrected chi connectivity index (χ4v) is 3.14. The first-order valence-electron chi connectivity index (χ1n) is 6.77. The van der Waals surface area contributed by atoms with Crippen molar-refractivity contribution in [2.24, 2.45) is 0 Å². The van der Waals surface area contributed by atoms with Gasteiger partial charge in [0.2, 0.25) is 5.89 Å². The van der Waals surface area contributed by atoms with Crippen LogP contribution in [0, 0.1) is 6.92 Å². The summed E-state index contributed by atoms with van der Waals surface area (Å²) in [5.74, 6) is 2.03. The van der Waals surface area contributed by atoms with E-state index in [4.69, 9.17) is 16.0 Å². The van der Waals surface area contributed by atoms with Gasteiger partial charge in [-0.15, -0.1) is 22.9 Å². The maximum atomic E-state index is 5.77. The molecule has 0 radical (unpaired) electrons. The largest absolute Gasteiger partial charge is 0.441 e. The molecule has 0 saturated heterocycles. The van der Waals surface area contributed by atoms with Gasteiger partial charge in [-0.25, -0.2) is 9.97 Å². The number of benzene rings is 1. The number of rotatable bonds is 5. The Bertz CT molecular complexity index is 721. The van der Waals surface area contributed by atoms with Gasteiger partial charge in [-0.1, -0.05) is 18.2 Å². The second-order valence-electron chi connectivity index (χ2n) is 4.75. The van der Waals surface area contributed by atoms with E-state index in [2.05, 4.69) is 9.97 Å². The molecule has 21 heavy (non-hydrogen) atoms. The minimum atomic E-state index is 0.470. The summed E-state index contributed by atoms with van der Waals surface area (Å²) in [6, 6.07) is 9.96. The zero-order valence-electron chi connectivity index (χ0n) is 11.7. The molecule has 0 aliphatic heterocycles. The van der Waals surface area contributed by atoms with Crippen LogP contribution < -0.4 is 0 Å². The SMILES string of the molecule is Cc1oc(-c2ccccc2)nc1CCc1nc(CCl)cs1. The monoisotopic (exact) mass is 318 g/mol. The van der Waals surface area contributed by atoms with Crippen molar-refractivity contribution in [1.29, 1.82) is 0 Å². The van der Waals surface area contributed by atoms with Crippen LogP contribution in [-0.2, 0) is 18.7 Å². The van der Waals surface area contributed by atoms with Crippen LogP contribution in [0.15, 0.2) is 40.1 Å². The normalized spacial score (nSPS) is 11.0. The molecular formula is C16H15ClN2OS. The minimum Gasteiger partial charge on any atom is -0.441 e. The van der Waals surface area contributed by atoms with Crippen molar-refractivity contribution in [3.8, 4) is 11.5 Å². The van der Waals surface area contributed by atoms with Gasteiger partial charge >= 0.3 is 0 Å². The first kappa shape index (κ1) is 14.3. The van der Waals surface area contributed by atoms with Crippen LogP contribution in [0.5, 0.6) is 0 Å². The van der Waals surface area contributed by atoms with Gasteiger partial charge in [-0.05, 0) is 25.5 Å². The van der Waals surface area contributed by atoms with E-state index in [1.807, 2.05) is 42.6 Å². The smallest absolute Gasteiger partial charge is 0.226 e. The van der Waals surface area contributed by atoms with Crippen molar-refractivity contribution in [3.63, 3.8) is 0 Å². The van der Waals surface area contributed by atoms with Gasteiger partial charge < -0.3 is 4.42 Å². The van der Waals surface area contributed by atoms with Crippen molar-refractivity contribution in [2.75, 3.05) is 0 Å².